The van der Waals surface area contributed by atoms with Gasteiger partial charge in [-0.25, -0.2) is 0 Å². The Labute approximate surface area is 131 Å². The summed E-state index contributed by atoms with van der Waals surface area (Å²) in [6, 6.07) is 17.0. The lowest BCUT2D eigenvalue weighted by Crippen LogP contribution is -1.96. The minimum atomic E-state index is 0.162. The highest BCUT2D eigenvalue weighted by molar-refractivity contribution is 9.09. The summed E-state index contributed by atoms with van der Waals surface area (Å²) in [5.41, 5.74) is 2.42. The van der Waals surface area contributed by atoms with Crippen LogP contribution in [0.2, 0.25) is 0 Å². The molecule has 1 nitrogen and oxygen atoms in total. The van der Waals surface area contributed by atoms with Gasteiger partial charge in [0.25, 0.3) is 0 Å². The monoisotopic (exact) mass is 346 g/mol. The zero-order chi connectivity index (χ0) is 14.1. The van der Waals surface area contributed by atoms with Gasteiger partial charge in [0.1, 0.15) is 5.75 Å². The van der Waals surface area contributed by atoms with E-state index >= 15 is 0 Å². The van der Waals surface area contributed by atoms with Crippen molar-refractivity contribution in [3.8, 4) is 5.75 Å². The second kappa shape index (κ2) is 5.58. The number of thiophene rings is 1. The van der Waals surface area contributed by atoms with Crippen molar-refractivity contribution in [2.75, 3.05) is 7.11 Å². The maximum absolute atomic E-state index is 5.49. The highest BCUT2D eigenvalue weighted by Crippen LogP contribution is 2.41. The fraction of sp³-hybridized carbons (Fsp3) is 0.176. The molecule has 0 N–H and O–H groups in total. The molecule has 0 aliphatic rings. The largest absolute Gasteiger partial charge is 0.496 e. The first-order valence-corrected chi connectivity index (χ1v) is 8.19. The average Bonchev–Trinajstić information content (AvgIpc) is 2.90. The van der Waals surface area contributed by atoms with Crippen molar-refractivity contribution in [2.45, 2.75) is 11.8 Å². The second-order valence-electron chi connectivity index (χ2n) is 4.79. The smallest absolute Gasteiger partial charge is 0.123 e. The van der Waals surface area contributed by atoms with Crippen LogP contribution in [0.5, 0.6) is 5.75 Å². The van der Waals surface area contributed by atoms with Gasteiger partial charge in [-0.05, 0) is 30.5 Å². The van der Waals surface area contributed by atoms with Gasteiger partial charge in [-0.3, -0.25) is 0 Å². The summed E-state index contributed by atoms with van der Waals surface area (Å²) in [5.74, 6) is 0.926. The van der Waals surface area contributed by atoms with E-state index < -0.39 is 0 Å². The molecule has 2 aromatic carbocycles. The van der Waals surface area contributed by atoms with Crippen LogP contribution in [0.4, 0.5) is 0 Å². The Kier molecular flexibility index (Phi) is 3.81. The van der Waals surface area contributed by atoms with Gasteiger partial charge in [-0.1, -0.05) is 51.8 Å². The molecule has 0 radical (unpaired) electrons. The molecule has 3 aromatic rings. The van der Waals surface area contributed by atoms with E-state index in [9.17, 15) is 0 Å². The van der Waals surface area contributed by atoms with Crippen molar-refractivity contribution in [1.29, 1.82) is 0 Å². The van der Waals surface area contributed by atoms with Gasteiger partial charge in [0.05, 0.1) is 11.9 Å². The van der Waals surface area contributed by atoms with Crippen LogP contribution in [0.15, 0.2) is 48.5 Å². The minimum Gasteiger partial charge on any atom is -0.496 e. The lowest BCUT2D eigenvalue weighted by atomic mass is 10.1. The summed E-state index contributed by atoms with van der Waals surface area (Å²) in [7, 11) is 1.72. The Bertz CT molecular complexity index is 715. The van der Waals surface area contributed by atoms with E-state index in [0.717, 1.165) is 5.75 Å². The maximum Gasteiger partial charge on any atom is 0.123 e. The molecule has 0 saturated heterocycles. The Morgan fingerprint density at radius 1 is 1.10 bits per heavy atom. The summed E-state index contributed by atoms with van der Waals surface area (Å²) >= 11 is 5.65. The molecule has 1 aromatic heterocycles. The van der Waals surface area contributed by atoms with Crippen molar-refractivity contribution in [3.05, 3.63) is 64.5 Å². The number of halogens is 1. The lowest BCUT2D eigenvalue weighted by molar-refractivity contribution is 0.410. The second-order valence-corrected chi connectivity index (χ2v) is 6.83. The molecule has 3 rings (SSSR count). The number of benzene rings is 2. The zero-order valence-electron chi connectivity index (χ0n) is 11.4. The molecule has 1 heterocycles. The molecule has 0 saturated carbocycles. The van der Waals surface area contributed by atoms with E-state index in [4.69, 9.17) is 4.74 Å². The fourth-order valence-corrected chi connectivity index (χ4v) is 4.16. The highest BCUT2D eigenvalue weighted by Gasteiger charge is 2.17. The number of fused-ring (bicyclic) bond motifs is 1. The topological polar surface area (TPSA) is 9.23 Å². The van der Waals surface area contributed by atoms with Crippen LogP contribution >= 0.6 is 27.3 Å². The first-order valence-electron chi connectivity index (χ1n) is 6.46. The molecule has 0 bridgehead atoms. The summed E-state index contributed by atoms with van der Waals surface area (Å²) in [6.45, 7) is 2.10. The van der Waals surface area contributed by atoms with E-state index in [-0.39, 0.29) is 4.83 Å². The molecule has 0 aliphatic carbocycles. The van der Waals surface area contributed by atoms with Crippen molar-refractivity contribution in [3.63, 3.8) is 0 Å². The van der Waals surface area contributed by atoms with Crippen LogP contribution in [0, 0.1) is 6.92 Å². The van der Waals surface area contributed by atoms with Crippen molar-refractivity contribution >= 4 is 37.4 Å². The van der Waals surface area contributed by atoms with Crippen molar-refractivity contribution in [2.24, 2.45) is 0 Å². The fourth-order valence-electron chi connectivity index (χ4n) is 2.33. The standard InChI is InChI=1S/C17H15BrOS/c1-11-7-8-14(19-2)13(9-11)17(18)16-10-12-5-3-4-6-15(12)20-16/h3-10,17H,1-2H3. The van der Waals surface area contributed by atoms with Gasteiger partial charge in [0, 0.05) is 15.1 Å². The predicted octanol–water partition coefficient (Wildman–Crippen LogP) is 5.70. The number of alkyl halides is 1. The van der Waals surface area contributed by atoms with Crippen LogP contribution in [0.1, 0.15) is 20.8 Å². The van der Waals surface area contributed by atoms with E-state index in [2.05, 4.69) is 65.3 Å². The molecule has 20 heavy (non-hydrogen) atoms. The maximum atomic E-state index is 5.49. The van der Waals surface area contributed by atoms with Crippen molar-refractivity contribution in [1.82, 2.24) is 0 Å². The first-order chi connectivity index (χ1) is 9.69. The lowest BCUT2D eigenvalue weighted by Gasteiger charge is -2.13. The van der Waals surface area contributed by atoms with Gasteiger partial charge in [-0.2, -0.15) is 0 Å². The van der Waals surface area contributed by atoms with Crippen LogP contribution < -0.4 is 4.74 Å². The van der Waals surface area contributed by atoms with Crippen molar-refractivity contribution < 1.29 is 4.74 Å². The van der Waals surface area contributed by atoms with Gasteiger partial charge >= 0.3 is 0 Å². The molecular weight excluding hydrogens is 332 g/mol. The first kappa shape index (κ1) is 13.7. The van der Waals surface area contributed by atoms with Crippen LogP contribution in [-0.4, -0.2) is 7.11 Å². The van der Waals surface area contributed by atoms with Crippen LogP contribution in [-0.2, 0) is 0 Å². The minimum absolute atomic E-state index is 0.162. The third kappa shape index (κ3) is 2.48. The summed E-state index contributed by atoms with van der Waals surface area (Å²) in [4.78, 5) is 1.46. The molecule has 1 atom stereocenters. The molecule has 0 spiro atoms. The van der Waals surface area contributed by atoms with Gasteiger partial charge < -0.3 is 4.74 Å². The third-order valence-electron chi connectivity index (χ3n) is 3.35. The Morgan fingerprint density at radius 2 is 1.90 bits per heavy atom. The Balaban J connectivity index is 2.07. The summed E-state index contributed by atoms with van der Waals surface area (Å²) in [5, 5.41) is 1.29. The molecule has 1 unspecified atom stereocenters. The van der Waals surface area contributed by atoms with E-state index in [1.165, 1.54) is 26.1 Å². The summed E-state index contributed by atoms with van der Waals surface area (Å²) in [6.07, 6.45) is 0. The van der Waals surface area contributed by atoms with Gasteiger partial charge in [-0.15, -0.1) is 11.3 Å². The average molecular weight is 347 g/mol. The number of rotatable bonds is 3. The van der Waals surface area contributed by atoms with Gasteiger partial charge in [0.2, 0.25) is 0 Å². The molecule has 0 amide bonds. The molecule has 0 fully saturated rings. The number of aryl methyl sites for hydroxylation is 1. The number of methoxy groups -OCH3 is 1. The number of hydrogen-bond donors (Lipinski definition) is 0. The Hall–Kier alpha value is -1.32. The highest BCUT2D eigenvalue weighted by atomic mass is 79.9. The van der Waals surface area contributed by atoms with E-state index in [1.807, 2.05) is 17.4 Å². The zero-order valence-corrected chi connectivity index (χ0v) is 13.8. The predicted molar refractivity (Wildman–Crippen MR) is 90.3 cm³/mol. The van der Waals surface area contributed by atoms with E-state index in [0.29, 0.717) is 0 Å². The van der Waals surface area contributed by atoms with Crippen LogP contribution in [0.3, 0.4) is 0 Å². The number of ether oxygens (including phenoxy) is 1. The summed E-state index contributed by atoms with van der Waals surface area (Å²) < 4.78 is 6.81. The van der Waals surface area contributed by atoms with Crippen LogP contribution in [0.25, 0.3) is 10.1 Å². The molecule has 3 heteroatoms. The molecular formula is C17H15BrOS. The SMILES string of the molecule is COc1ccc(C)cc1C(Br)c1cc2ccccc2s1. The normalized spacial score (nSPS) is 12.6. The molecule has 0 aliphatic heterocycles. The van der Waals surface area contributed by atoms with E-state index in [1.54, 1.807) is 7.11 Å². The number of hydrogen-bond acceptors (Lipinski definition) is 2. The Morgan fingerprint density at radius 3 is 2.65 bits per heavy atom. The van der Waals surface area contributed by atoms with Gasteiger partial charge in [0.15, 0.2) is 0 Å². The third-order valence-corrected chi connectivity index (χ3v) is 5.82. The quantitative estimate of drug-likeness (QED) is 0.552. The molecule has 102 valence electrons.